The zero-order valence-electron chi connectivity index (χ0n) is 11.8. The highest BCUT2D eigenvalue weighted by Gasteiger charge is 2.06. The summed E-state index contributed by atoms with van der Waals surface area (Å²) in [5.41, 5.74) is 3.05. The highest BCUT2D eigenvalue weighted by atomic mass is 16.5. The number of benzene rings is 2. The minimum atomic E-state index is 0.140. The Bertz CT molecular complexity index is 529. The van der Waals surface area contributed by atoms with E-state index in [2.05, 4.69) is 19.1 Å². The van der Waals surface area contributed by atoms with Crippen LogP contribution in [-0.2, 0) is 4.74 Å². The Labute approximate surface area is 120 Å². The predicted molar refractivity (Wildman–Crippen MR) is 81.9 cm³/mol. The van der Waals surface area contributed by atoms with Crippen LogP contribution in [0.4, 0.5) is 0 Å². The van der Waals surface area contributed by atoms with Gasteiger partial charge in [0, 0.05) is 18.6 Å². The van der Waals surface area contributed by atoms with Crippen LogP contribution in [0.15, 0.2) is 54.6 Å². The van der Waals surface area contributed by atoms with Crippen LogP contribution in [0.2, 0.25) is 0 Å². The van der Waals surface area contributed by atoms with Crippen LogP contribution in [0.3, 0.4) is 0 Å². The summed E-state index contributed by atoms with van der Waals surface area (Å²) in [4.78, 5) is 12.0. The average molecular weight is 268 g/mol. The third-order valence-electron chi connectivity index (χ3n) is 3.14. The number of hydrogen-bond acceptors (Lipinski definition) is 2. The van der Waals surface area contributed by atoms with E-state index in [1.54, 1.807) is 0 Å². The Kier molecular flexibility index (Phi) is 5.51. The molecule has 2 aromatic rings. The summed E-state index contributed by atoms with van der Waals surface area (Å²) < 4.78 is 5.35. The first-order valence-electron chi connectivity index (χ1n) is 7.07. The van der Waals surface area contributed by atoms with Crippen molar-refractivity contribution in [3.05, 3.63) is 60.2 Å². The van der Waals surface area contributed by atoms with E-state index < -0.39 is 0 Å². The highest BCUT2D eigenvalue weighted by Crippen LogP contribution is 2.19. The van der Waals surface area contributed by atoms with E-state index in [1.807, 2.05) is 42.5 Å². The zero-order valence-corrected chi connectivity index (χ0v) is 11.8. The molecule has 0 aliphatic heterocycles. The van der Waals surface area contributed by atoms with Gasteiger partial charge in [-0.2, -0.15) is 0 Å². The number of carbonyl (C=O) groups is 1. The van der Waals surface area contributed by atoms with Gasteiger partial charge in [0.25, 0.3) is 0 Å². The molecule has 0 heterocycles. The number of ether oxygens (including phenoxy) is 1. The van der Waals surface area contributed by atoms with Crippen molar-refractivity contribution in [3.63, 3.8) is 0 Å². The van der Waals surface area contributed by atoms with Gasteiger partial charge in [0.15, 0.2) is 5.78 Å². The van der Waals surface area contributed by atoms with Gasteiger partial charge in [0.1, 0.15) is 0 Å². The quantitative estimate of drug-likeness (QED) is 0.551. The van der Waals surface area contributed by atoms with Gasteiger partial charge in [0.05, 0.1) is 6.61 Å². The molecule has 0 radical (unpaired) electrons. The van der Waals surface area contributed by atoms with E-state index in [1.165, 1.54) is 0 Å². The van der Waals surface area contributed by atoms with Gasteiger partial charge >= 0.3 is 0 Å². The SMILES string of the molecule is CCCOCCC(=O)c1ccc(-c2ccccc2)cc1. The first kappa shape index (κ1) is 14.5. The smallest absolute Gasteiger partial charge is 0.165 e. The molecule has 0 saturated carbocycles. The molecule has 0 saturated heterocycles. The lowest BCUT2D eigenvalue weighted by Crippen LogP contribution is -2.05. The van der Waals surface area contributed by atoms with Crippen LogP contribution in [0.1, 0.15) is 30.1 Å². The second-order valence-electron chi connectivity index (χ2n) is 4.73. The van der Waals surface area contributed by atoms with Crippen LogP contribution in [0, 0.1) is 0 Å². The fourth-order valence-corrected chi connectivity index (χ4v) is 2.03. The summed E-state index contributed by atoms with van der Waals surface area (Å²) in [5, 5.41) is 0. The van der Waals surface area contributed by atoms with Crippen molar-refractivity contribution in [1.29, 1.82) is 0 Å². The maximum Gasteiger partial charge on any atom is 0.165 e. The van der Waals surface area contributed by atoms with Gasteiger partial charge in [-0.05, 0) is 17.5 Å². The molecule has 0 fully saturated rings. The Morgan fingerprint density at radius 2 is 1.55 bits per heavy atom. The number of rotatable bonds is 7. The first-order valence-corrected chi connectivity index (χ1v) is 7.07. The van der Waals surface area contributed by atoms with E-state index in [-0.39, 0.29) is 5.78 Å². The second kappa shape index (κ2) is 7.61. The van der Waals surface area contributed by atoms with Gasteiger partial charge < -0.3 is 4.74 Å². The summed E-state index contributed by atoms with van der Waals surface area (Å²) in [5.74, 6) is 0.140. The third kappa shape index (κ3) is 4.04. The summed E-state index contributed by atoms with van der Waals surface area (Å²) >= 11 is 0. The summed E-state index contributed by atoms with van der Waals surface area (Å²) in [7, 11) is 0. The minimum absolute atomic E-state index is 0.140. The first-order chi connectivity index (χ1) is 9.81. The Morgan fingerprint density at radius 3 is 2.20 bits per heavy atom. The fraction of sp³-hybridized carbons (Fsp3) is 0.278. The van der Waals surface area contributed by atoms with Gasteiger partial charge in [-0.1, -0.05) is 61.5 Å². The molecule has 2 rings (SSSR count). The molecular formula is C18H20O2. The van der Waals surface area contributed by atoms with Crippen molar-refractivity contribution < 1.29 is 9.53 Å². The number of Topliss-reactive ketones (excluding diaryl/α,β-unsaturated/α-hetero) is 1. The lowest BCUT2D eigenvalue weighted by atomic mass is 10.0. The number of hydrogen-bond donors (Lipinski definition) is 0. The average Bonchev–Trinajstić information content (AvgIpc) is 2.52. The van der Waals surface area contributed by atoms with Crippen molar-refractivity contribution in [2.45, 2.75) is 19.8 Å². The monoisotopic (exact) mass is 268 g/mol. The van der Waals surface area contributed by atoms with Crippen LogP contribution in [-0.4, -0.2) is 19.0 Å². The van der Waals surface area contributed by atoms with E-state index >= 15 is 0 Å². The molecule has 0 bridgehead atoms. The van der Waals surface area contributed by atoms with Gasteiger partial charge in [0.2, 0.25) is 0 Å². The Hall–Kier alpha value is -1.93. The molecule has 2 nitrogen and oxygen atoms in total. The molecule has 0 aliphatic carbocycles. The summed E-state index contributed by atoms with van der Waals surface area (Å²) in [6.45, 7) is 3.29. The number of carbonyl (C=O) groups excluding carboxylic acids is 1. The van der Waals surface area contributed by atoms with E-state index in [4.69, 9.17) is 4.74 Å². The van der Waals surface area contributed by atoms with Crippen molar-refractivity contribution in [1.82, 2.24) is 0 Å². The molecule has 104 valence electrons. The molecule has 0 unspecified atom stereocenters. The molecule has 0 amide bonds. The number of ketones is 1. The van der Waals surface area contributed by atoms with Crippen LogP contribution in [0.25, 0.3) is 11.1 Å². The van der Waals surface area contributed by atoms with Crippen molar-refractivity contribution in [2.24, 2.45) is 0 Å². The predicted octanol–water partition coefficient (Wildman–Crippen LogP) is 4.35. The van der Waals surface area contributed by atoms with Crippen molar-refractivity contribution in [2.75, 3.05) is 13.2 Å². The largest absolute Gasteiger partial charge is 0.381 e. The summed E-state index contributed by atoms with van der Waals surface area (Å²) in [6, 6.07) is 17.9. The molecule has 20 heavy (non-hydrogen) atoms. The maximum absolute atomic E-state index is 12.0. The summed E-state index contributed by atoms with van der Waals surface area (Å²) in [6.07, 6.45) is 1.44. The lowest BCUT2D eigenvalue weighted by molar-refractivity contribution is 0.0879. The molecule has 0 aliphatic rings. The van der Waals surface area contributed by atoms with E-state index in [9.17, 15) is 4.79 Å². The van der Waals surface area contributed by atoms with Gasteiger partial charge in [-0.25, -0.2) is 0 Å². The molecule has 0 N–H and O–H groups in total. The van der Waals surface area contributed by atoms with E-state index in [0.717, 1.165) is 29.7 Å². The molecular weight excluding hydrogens is 248 g/mol. The molecule has 2 heteroatoms. The molecule has 0 spiro atoms. The fourth-order valence-electron chi connectivity index (χ4n) is 2.03. The Morgan fingerprint density at radius 1 is 0.900 bits per heavy atom. The molecule has 0 aromatic heterocycles. The standard InChI is InChI=1S/C18H20O2/c1-2-13-20-14-12-18(19)17-10-8-16(9-11-17)15-6-4-3-5-7-15/h3-11H,2,12-14H2,1H3. The van der Waals surface area contributed by atoms with Gasteiger partial charge in [-0.15, -0.1) is 0 Å². The van der Waals surface area contributed by atoms with Crippen molar-refractivity contribution in [3.8, 4) is 11.1 Å². The van der Waals surface area contributed by atoms with Crippen LogP contribution in [0.5, 0.6) is 0 Å². The lowest BCUT2D eigenvalue weighted by Gasteiger charge is -2.05. The molecule has 0 atom stereocenters. The van der Waals surface area contributed by atoms with Crippen molar-refractivity contribution >= 4 is 5.78 Å². The minimum Gasteiger partial charge on any atom is -0.381 e. The molecule has 2 aromatic carbocycles. The van der Waals surface area contributed by atoms with Crippen LogP contribution < -0.4 is 0 Å². The highest BCUT2D eigenvalue weighted by molar-refractivity contribution is 5.96. The van der Waals surface area contributed by atoms with E-state index in [0.29, 0.717) is 13.0 Å². The normalized spacial score (nSPS) is 10.4. The zero-order chi connectivity index (χ0) is 14.2. The second-order valence-corrected chi connectivity index (χ2v) is 4.73. The topological polar surface area (TPSA) is 26.3 Å². The van der Waals surface area contributed by atoms with Crippen LogP contribution >= 0.6 is 0 Å². The maximum atomic E-state index is 12.0. The Balaban J connectivity index is 1.96. The van der Waals surface area contributed by atoms with Gasteiger partial charge in [-0.3, -0.25) is 4.79 Å². The third-order valence-corrected chi connectivity index (χ3v) is 3.14.